The van der Waals surface area contributed by atoms with Gasteiger partial charge in [0.25, 0.3) is 5.56 Å². The smallest absolute Gasteiger partial charge is 0.292 e. The van der Waals surface area contributed by atoms with Crippen LogP contribution in [-0.4, -0.2) is 9.78 Å². The molecule has 8 nitrogen and oxygen atoms in total. The monoisotopic (exact) mass is 505 g/mol. The lowest BCUT2D eigenvalue weighted by atomic mass is 9.91. The Morgan fingerprint density at radius 3 is 1.84 bits per heavy atom. The molecule has 4 aromatic rings. The van der Waals surface area contributed by atoms with E-state index in [0.29, 0.717) is 28.4 Å². The molecule has 8 heteroatoms. The Labute approximate surface area is 222 Å². The van der Waals surface area contributed by atoms with Gasteiger partial charge >= 0.3 is 0 Å². The summed E-state index contributed by atoms with van der Waals surface area (Å²) in [7, 11) is 0. The molecule has 1 N–H and O–H groups in total. The summed E-state index contributed by atoms with van der Waals surface area (Å²) < 4.78 is 1.53. The van der Waals surface area contributed by atoms with E-state index >= 15 is 0 Å². The Kier molecular flexibility index (Phi) is 8.07. The number of unbranched alkanes of at least 4 members (excludes halogenated alkanes) is 1. The zero-order valence-electron chi connectivity index (χ0n) is 22.1. The number of nitrogens with one attached hydrogen (secondary N) is 1. The summed E-state index contributed by atoms with van der Waals surface area (Å²) in [5.74, 6) is 0. The molecular formula is C30H31N7O. The largest absolute Gasteiger partial charge is 0.299 e. The molecule has 1 aromatic heterocycles. The summed E-state index contributed by atoms with van der Waals surface area (Å²) in [6, 6.07) is 22.1. The van der Waals surface area contributed by atoms with Crippen LogP contribution in [0.15, 0.2) is 98.0 Å². The molecule has 0 spiro atoms. The van der Waals surface area contributed by atoms with Crippen LogP contribution in [-0.2, 0) is 11.8 Å². The molecule has 0 atom stereocenters. The van der Waals surface area contributed by atoms with Gasteiger partial charge in [0.15, 0.2) is 11.4 Å². The lowest BCUT2D eigenvalue weighted by Gasteiger charge is -2.16. The fourth-order valence-corrected chi connectivity index (χ4v) is 3.82. The Morgan fingerprint density at radius 2 is 1.34 bits per heavy atom. The normalized spacial score (nSPS) is 11.9. The summed E-state index contributed by atoms with van der Waals surface area (Å²) in [5, 5.41) is 20.4. The molecule has 0 amide bonds. The highest BCUT2D eigenvalue weighted by Crippen LogP contribution is 2.30. The second kappa shape index (κ2) is 11.6. The lowest BCUT2D eigenvalue weighted by molar-refractivity contribution is 0.560. The van der Waals surface area contributed by atoms with Crippen LogP contribution in [0.25, 0.3) is 10.5 Å². The van der Waals surface area contributed by atoms with E-state index in [9.17, 15) is 4.79 Å². The second-order valence-electron chi connectivity index (χ2n) is 10.0. The number of rotatable bonds is 8. The Hall–Kier alpha value is -4.64. The van der Waals surface area contributed by atoms with Crippen LogP contribution in [0.1, 0.15) is 51.8 Å². The zero-order chi connectivity index (χ0) is 27.1. The topological polar surface area (TPSA) is 91.6 Å². The van der Waals surface area contributed by atoms with E-state index < -0.39 is 0 Å². The number of aromatic amines is 1. The van der Waals surface area contributed by atoms with E-state index in [4.69, 9.17) is 6.57 Å². The molecule has 1 heterocycles. The van der Waals surface area contributed by atoms with E-state index in [0.717, 1.165) is 30.6 Å². The molecule has 0 aliphatic heterocycles. The Morgan fingerprint density at radius 1 is 0.816 bits per heavy atom. The third-order valence-corrected chi connectivity index (χ3v) is 6.00. The van der Waals surface area contributed by atoms with Gasteiger partial charge in [-0.25, -0.2) is 9.53 Å². The Bertz CT molecular complexity index is 1530. The zero-order valence-corrected chi connectivity index (χ0v) is 22.1. The van der Waals surface area contributed by atoms with Crippen molar-refractivity contribution in [1.29, 1.82) is 0 Å². The predicted molar refractivity (Wildman–Crippen MR) is 151 cm³/mol. The molecule has 0 unspecified atom stereocenters. The minimum absolute atomic E-state index is 0.241. The molecule has 3 aromatic carbocycles. The molecule has 192 valence electrons. The van der Waals surface area contributed by atoms with Gasteiger partial charge in [0.05, 0.1) is 35.0 Å². The SMILES string of the molecule is [C-]#[N+]c1ccc(N=Nc2ccc(N=Nc3c(C(C)(C)C)[nH]n(-c4ccc(CCCC)cc4)c3=O)cc2)cc1. The first kappa shape index (κ1) is 26.4. The molecule has 0 aliphatic carbocycles. The van der Waals surface area contributed by atoms with E-state index in [-0.39, 0.29) is 11.0 Å². The maximum absolute atomic E-state index is 13.4. The number of aryl methyl sites for hydroxylation is 1. The van der Waals surface area contributed by atoms with Crippen LogP contribution in [0.4, 0.5) is 28.4 Å². The quantitative estimate of drug-likeness (QED) is 0.188. The van der Waals surface area contributed by atoms with Gasteiger partial charge in [-0.1, -0.05) is 58.4 Å². The highest BCUT2D eigenvalue weighted by atomic mass is 16.1. The summed E-state index contributed by atoms with van der Waals surface area (Å²) in [4.78, 5) is 16.7. The molecule has 0 fully saturated rings. The van der Waals surface area contributed by atoms with E-state index in [1.807, 2.05) is 32.9 Å². The fourth-order valence-electron chi connectivity index (χ4n) is 3.82. The first-order valence-corrected chi connectivity index (χ1v) is 12.6. The summed E-state index contributed by atoms with van der Waals surface area (Å²) >= 11 is 0. The van der Waals surface area contributed by atoms with Gasteiger partial charge in [-0.3, -0.25) is 9.89 Å². The summed E-state index contributed by atoms with van der Waals surface area (Å²) in [6.45, 7) is 15.3. The van der Waals surface area contributed by atoms with Crippen molar-refractivity contribution in [2.24, 2.45) is 20.5 Å². The maximum atomic E-state index is 13.4. The average molecular weight is 506 g/mol. The highest BCUT2D eigenvalue weighted by molar-refractivity contribution is 5.53. The third kappa shape index (κ3) is 6.37. The number of H-pyrrole nitrogens is 1. The molecule has 0 radical (unpaired) electrons. The van der Waals surface area contributed by atoms with Gasteiger partial charge < -0.3 is 0 Å². The van der Waals surface area contributed by atoms with Crippen molar-refractivity contribution in [2.45, 2.75) is 52.4 Å². The summed E-state index contributed by atoms with van der Waals surface area (Å²) in [5.41, 5.74) is 4.92. The van der Waals surface area contributed by atoms with Crippen LogP contribution >= 0.6 is 0 Å². The first-order chi connectivity index (χ1) is 18.3. The van der Waals surface area contributed by atoms with Gasteiger partial charge in [0.2, 0.25) is 0 Å². The first-order valence-electron chi connectivity index (χ1n) is 12.6. The van der Waals surface area contributed by atoms with Crippen LogP contribution in [0.2, 0.25) is 0 Å². The number of nitrogens with zero attached hydrogens (tertiary/aromatic N) is 6. The highest BCUT2D eigenvalue weighted by Gasteiger charge is 2.25. The molecule has 0 aliphatic rings. The van der Waals surface area contributed by atoms with Gasteiger partial charge in [-0.05, 0) is 66.9 Å². The number of azo groups is 2. The van der Waals surface area contributed by atoms with Crippen molar-refractivity contribution >= 4 is 28.4 Å². The van der Waals surface area contributed by atoms with Gasteiger partial charge in [0.1, 0.15) is 0 Å². The van der Waals surface area contributed by atoms with Crippen LogP contribution < -0.4 is 5.56 Å². The molecule has 38 heavy (non-hydrogen) atoms. The maximum Gasteiger partial charge on any atom is 0.299 e. The predicted octanol–water partition coefficient (Wildman–Crippen LogP) is 9.19. The van der Waals surface area contributed by atoms with E-state index in [2.05, 4.69) is 49.5 Å². The average Bonchev–Trinajstić information content (AvgIpc) is 3.27. The summed E-state index contributed by atoms with van der Waals surface area (Å²) in [6.07, 6.45) is 3.31. The minimum Gasteiger partial charge on any atom is -0.292 e. The third-order valence-electron chi connectivity index (χ3n) is 6.00. The van der Waals surface area contributed by atoms with E-state index in [1.54, 1.807) is 48.5 Å². The number of hydrogen-bond acceptors (Lipinski definition) is 5. The van der Waals surface area contributed by atoms with Gasteiger partial charge in [0, 0.05) is 5.41 Å². The van der Waals surface area contributed by atoms with Gasteiger partial charge in [-0.15, -0.1) is 5.11 Å². The lowest BCUT2D eigenvalue weighted by Crippen LogP contribution is -2.14. The van der Waals surface area contributed by atoms with Crippen molar-refractivity contribution in [3.05, 3.63) is 106 Å². The molecule has 0 bridgehead atoms. The van der Waals surface area contributed by atoms with Crippen molar-refractivity contribution in [3.8, 4) is 5.69 Å². The number of benzene rings is 3. The fraction of sp³-hybridized carbons (Fsp3) is 0.267. The molecule has 0 saturated carbocycles. The van der Waals surface area contributed by atoms with Crippen LogP contribution in [0.5, 0.6) is 0 Å². The van der Waals surface area contributed by atoms with Crippen molar-refractivity contribution in [3.63, 3.8) is 0 Å². The number of hydrogen-bond donors (Lipinski definition) is 1. The second-order valence-corrected chi connectivity index (χ2v) is 10.0. The van der Waals surface area contributed by atoms with Crippen molar-refractivity contribution < 1.29 is 0 Å². The Balaban J connectivity index is 1.55. The van der Waals surface area contributed by atoms with Crippen molar-refractivity contribution in [1.82, 2.24) is 9.78 Å². The van der Waals surface area contributed by atoms with Gasteiger partial charge in [-0.2, -0.15) is 15.3 Å². The molecular weight excluding hydrogens is 474 g/mol. The standard InChI is InChI=1S/C30H31N7O/c1-6-7-8-21-9-19-26(20-10-21)37-29(38)27(28(36-37)30(2,3)4)35-34-25-17-15-24(16-18-25)33-32-23-13-11-22(31-5)12-14-23/h9-20,36H,6-8H2,1-4H3. The van der Waals surface area contributed by atoms with E-state index in [1.165, 1.54) is 10.2 Å². The van der Waals surface area contributed by atoms with Crippen LogP contribution in [0, 0.1) is 6.57 Å². The molecule has 4 rings (SSSR count). The van der Waals surface area contributed by atoms with Crippen molar-refractivity contribution in [2.75, 3.05) is 0 Å². The minimum atomic E-state index is -0.336. The molecule has 0 saturated heterocycles. The van der Waals surface area contributed by atoms with Crippen LogP contribution in [0.3, 0.4) is 0 Å². The number of aromatic nitrogens is 2.